The van der Waals surface area contributed by atoms with Crippen LogP contribution in [0.25, 0.3) is 0 Å². The van der Waals surface area contributed by atoms with E-state index >= 15 is 0 Å². The summed E-state index contributed by atoms with van der Waals surface area (Å²) in [5.41, 5.74) is 1.83. The number of aromatic nitrogens is 3. The molecule has 1 aliphatic rings. The van der Waals surface area contributed by atoms with Crippen molar-refractivity contribution in [2.45, 2.75) is 46.1 Å². The van der Waals surface area contributed by atoms with Gasteiger partial charge in [-0.15, -0.1) is 5.10 Å². The van der Waals surface area contributed by atoms with Gasteiger partial charge in [-0.3, -0.25) is 4.79 Å². The molecule has 7 nitrogen and oxygen atoms in total. The fourth-order valence-corrected chi connectivity index (χ4v) is 2.96. The molecule has 0 bridgehead atoms. The lowest BCUT2D eigenvalue weighted by Gasteiger charge is -2.35. The van der Waals surface area contributed by atoms with Crippen LogP contribution in [0.1, 0.15) is 25.1 Å². The predicted octanol–water partition coefficient (Wildman–Crippen LogP) is 1.80. The van der Waals surface area contributed by atoms with Crippen LogP contribution in [0.2, 0.25) is 0 Å². The van der Waals surface area contributed by atoms with Crippen molar-refractivity contribution in [2.24, 2.45) is 0 Å². The molecule has 1 fully saturated rings. The molecular weight excluding hydrogens is 320 g/mol. The number of aryl methyl sites for hydroxylation is 1. The van der Waals surface area contributed by atoms with E-state index < -0.39 is 0 Å². The monoisotopic (exact) mass is 344 g/mol. The van der Waals surface area contributed by atoms with E-state index in [0.29, 0.717) is 25.4 Å². The van der Waals surface area contributed by atoms with Gasteiger partial charge < -0.3 is 14.4 Å². The van der Waals surface area contributed by atoms with Crippen LogP contribution in [0.5, 0.6) is 5.75 Å². The summed E-state index contributed by atoms with van der Waals surface area (Å²) in [6.07, 6.45) is 1.87. The highest BCUT2D eigenvalue weighted by atomic mass is 16.5. The van der Waals surface area contributed by atoms with Crippen molar-refractivity contribution in [2.75, 3.05) is 13.1 Å². The Labute approximate surface area is 147 Å². The first-order chi connectivity index (χ1) is 12.0. The molecule has 3 rings (SSSR count). The number of carbonyl (C=O) groups is 1. The molecule has 1 amide bonds. The van der Waals surface area contributed by atoms with E-state index in [9.17, 15) is 4.79 Å². The second-order valence-corrected chi connectivity index (χ2v) is 6.57. The van der Waals surface area contributed by atoms with Crippen LogP contribution in [-0.2, 0) is 22.7 Å². The highest BCUT2D eigenvalue weighted by Gasteiger charge is 2.26. The molecule has 25 heavy (non-hydrogen) atoms. The standard InChI is InChI=1S/C18H24N4O3/c1-13-5-4-6-17(7-13)24-12-16-10-22(20-19-16)11-18(23)21-8-14(2)25-15(3)9-21/h4-7,10,14-15H,8-9,11-12H2,1-3H3/t14-,15-/m0/s1. The van der Waals surface area contributed by atoms with E-state index in [0.717, 1.165) is 11.3 Å². The highest BCUT2D eigenvalue weighted by Crippen LogP contribution is 2.14. The first-order valence-electron chi connectivity index (χ1n) is 8.51. The van der Waals surface area contributed by atoms with Gasteiger partial charge in [0.15, 0.2) is 0 Å². The molecule has 134 valence electrons. The lowest BCUT2D eigenvalue weighted by Crippen LogP contribution is -2.49. The lowest BCUT2D eigenvalue weighted by atomic mass is 10.2. The summed E-state index contributed by atoms with van der Waals surface area (Å²) >= 11 is 0. The minimum absolute atomic E-state index is 0.0260. The molecule has 1 aliphatic heterocycles. The van der Waals surface area contributed by atoms with Crippen LogP contribution < -0.4 is 4.74 Å². The Morgan fingerprint density at radius 1 is 1.32 bits per heavy atom. The topological polar surface area (TPSA) is 69.5 Å². The number of hydrogen-bond acceptors (Lipinski definition) is 5. The van der Waals surface area contributed by atoms with Crippen LogP contribution in [0.3, 0.4) is 0 Å². The minimum atomic E-state index is 0.0260. The molecule has 2 aromatic rings. The van der Waals surface area contributed by atoms with Gasteiger partial charge in [-0.1, -0.05) is 17.3 Å². The smallest absolute Gasteiger partial charge is 0.244 e. The average Bonchev–Trinajstić information content (AvgIpc) is 2.99. The van der Waals surface area contributed by atoms with Crippen LogP contribution >= 0.6 is 0 Å². The van der Waals surface area contributed by atoms with E-state index in [1.54, 1.807) is 10.9 Å². The van der Waals surface area contributed by atoms with Crippen molar-refractivity contribution in [1.29, 1.82) is 0 Å². The third kappa shape index (κ3) is 4.79. The largest absolute Gasteiger partial charge is 0.487 e. The quantitative estimate of drug-likeness (QED) is 0.827. The number of ether oxygens (including phenoxy) is 2. The zero-order chi connectivity index (χ0) is 17.8. The third-order valence-electron chi connectivity index (χ3n) is 4.03. The lowest BCUT2D eigenvalue weighted by molar-refractivity contribution is -0.144. The number of rotatable bonds is 5. The number of nitrogens with zero attached hydrogens (tertiary/aromatic N) is 4. The highest BCUT2D eigenvalue weighted by molar-refractivity contribution is 5.76. The Morgan fingerprint density at radius 3 is 2.80 bits per heavy atom. The fourth-order valence-electron chi connectivity index (χ4n) is 2.96. The first-order valence-corrected chi connectivity index (χ1v) is 8.51. The predicted molar refractivity (Wildman–Crippen MR) is 92.1 cm³/mol. The summed E-state index contributed by atoms with van der Waals surface area (Å²) in [6.45, 7) is 7.70. The Kier molecular flexibility index (Phi) is 5.33. The minimum Gasteiger partial charge on any atom is -0.487 e. The van der Waals surface area contributed by atoms with Crippen LogP contribution in [0.15, 0.2) is 30.5 Å². The Balaban J connectivity index is 1.53. The second-order valence-electron chi connectivity index (χ2n) is 6.57. The molecule has 1 aromatic heterocycles. The Bertz CT molecular complexity index is 721. The summed E-state index contributed by atoms with van der Waals surface area (Å²) in [7, 11) is 0. The summed E-state index contributed by atoms with van der Waals surface area (Å²) in [5, 5.41) is 8.10. The number of morpholine rings is 1. The van der Waals surface area contributed by atoms with Crippen molar-refractivity contribution in [3.63, 3.8) is 0 Å². The average molecular weight is 344 g/mol. The maximum atomic E-state index is 12.4. The Hall–Kier alpha value is -2.41. The van der Waals surface area contributed by atoms with Crippen molar-refractivity contribution in [3.8, 4) is 5.75 Å². The molecule has 0 aliphatic carbocycles. The molecule has 0 saturated carbocycles. The molecule has 1 saturated heterocycles. The van der Waals surface area contributed by atoms with Crippen molar-refractivity contribution in [1.82, 2.24) is 19.9 Å². The van der Waals surface area contributed by atoms with E-state index in [2.05, 4.69) is 10.3 Å². The summed E-state index contributed by atoms with van der Waals surface area (Å²) < 4.78 is 12.9. The molecule has 0 N–H and O–H groups in total. The third-order valence-corrected chi connectivity index (χ3v) is 4.03. The van der Waals surface area contributed by atoms with Crippen molar-refractivity contribution >= 4 is 5.91 Å². The van der Waals surface area contributed by atoms with Crippen LogP contribution in [0, 0.1) is 6.92 Å². The van der Waals surface area contributed by atoms with Gasteiger partial charge in [0, 0.05) is 13.1 Å². The zero-order valence-electron chi connectivity index (χ0n) is 14.9. The normalized spacial score (nSPS) is 20.5. The molecule has 0 spiro atoms. The van der Waals surface area contributed by atoms with Crippen molar-refractivity contribution < 1.29 is 14.3 Å². The summed E-state index contributed by atoms with van der Waals surface area (Å²) in [4.78, 5) is 14.3. The molecule has 2 heterocycles. The number of benzene rings is 1. The van der Waals surface area contributed by atoms with Gasteiger partial charge in [-0.05, 0) is 38.5 Å². The Morgan fingerprint density at radius 2 is 2.08 bits per heavy atom. The van der Waals surface area contributed by atoms with Gasteiger partial charge >= 0.3 is 0 Å². The van der Waals surface area contributed by atoms with Crippen LogP contribution in [0.4, 0.5) is 0 Å². The SMILES string of the molecule is Cc1cccc(OCc2cn(CC(=O)N3C[C@H](C)O[C@@H](C)C3)nn2)c1. The van der Waals surface area contributed by atoms with Crippen molar-refractivity contribution in [3.05, 3.63) is 41.7 Å². The maximum Gasteiger partial charge on any atom is 0.244 e. The van der Waals surface area contributed by atoms with Gasteiger partial charge in [0.2, 0.25) is 5.91 Å². The van der Waals surface area contributed by atoms with Gasteiger partial charge in [-0.25, -0.2) is 4.68 Å². The fraction of sp³-hybridized carbons (Fsp3) is 0.500. The summed E-state index contributed by atoms with van der Waals surface area (Å²) in [6, 6.07) is 7.84. The van der Waals surface area contributed by atoms with Gasteiger partial charge in [0.05, 0.1) is 18.4 Å². The summed E-state index contributed by atoms with van der Waals surface area (Å²) in [5.74, 6) is 0.819. The van der Waals surface area contributed by atoms with E-state index in [-0.39, 0.29) is 24.7 Å². The van der Waals surface area contributed by atoms with Crippen LogP contribution in [-0.4, -0.2) is 51.1 Å². The van der Waals surface area contributed by atoms with E-state index in [1.807, 2.05) is 49.9 Å². The van der Waals surface area contributed by atoms with E-state index in [1.165, 1.54) is 0 Å². The van der Waals surface area contributed by atoms with E-state index in [4.69, 9.17) is 9.47 Å². The van der Waals surface area contributed by atoms with Gasteiger partial charge in [-0.2, -0.15) is 0 Å². The molecule has 0 unspecified atom stereocenters. The molecule has 7 heteroatoms. The second kappa shape index (κ2) is 7.65. The number of carbonyl (C=O) groups excluding carboxylic acids is 1. The molecule has 0 radical (unpaired) electrons. The zero-order valence-corrected chi connectivity index (χ0v) is 14.9. The maximum absolute atomic E-state index is 12.4. The molecule has 1 aromatic carbocycles. The molecule has 2 atom stereocenters. The molecular formula is C18H24N4O3. The van der Waals surface area contributed by atoms with Gasteiger partial charge in [0.25, 0.3) is 0 Å². The first kappa shape index (κ1) is 17.4. The number of hydrogen-bond donors (Lipinski definition) is 0. The number of amides is 1. The van der Waals surface area contributed by atoms with Gasteiger partial charge in [0.1, 0.15) is 24.6 Å².